The molecule has 0 saturated carbocycles. The monoisotopic (exact) mass is 209 g/mol. The summed E-state index contributed by atoms with van der Waals surface area (Å²) in [5.41, 5.74) is 0.440. The van der Waals surface area contributed by atoms with E-state index in [-0.39, 0.29) is 5.75 Å². The fraction of sp³-hybridized carbons (Fsp3) is 0.200. The first-order valence-electron chi connectivity index (χ1n) is 4.25. The molecular formula is C10H11NO4. The average Bonchev–Trinajstić information content (AvgIpc) is 2.20. The smallest absolute Gasteiger partial charge is 0.331 e. The number of aromatic hydroxyl groups is 1. The number of carboxylic acid groups (broad SMARTS) is 1. The van der Waals surface area contributed by atoms with Gasteiger partial charge in [-0.25, -0.2) is 4.79 Å². The first-order valence-corrected chi connectivity index (χ1v) is 4.25. The summed E-state index contributed by atoms with van der Waals surface area (Å²) in [5.74, 6) is -1.06. The zero-order valence-electron chi connectivity index (χ0n) is 8.12. The van der Waals surface area contributed by atoms with Crippen molar-refractivity contribution in [3.63, 3.8) is 0 Å². The van der Waals surface area contributed by atoms with Gasteiger partial charge in [0.1, 0.15) is 5.75 Å². The highest BCUT2D eigenvalue weighted by atomic mass is 16.4. The zero-order valence-corrected chi connectivity index (χ0v) is 8.12. The van der Waals surface area contributed by atoms with E-state index < -0.39 is 12.0 Å². The lowest BCUT2D eigenvalue weighted by Gasteiger charge is -2.20. The summed E-state index contributed by atoms with van der Waals surface area (Å²) in [5, 5.41) is 18.0. The summed E-state index contributed by atoms with van der Waals surface area (Å²) >= 11 is 0. The molecule has 0 aliphatic rings. The minimum atomic E-state index is -1.12. The Hall–Kier alpha value is -2.04. The summed E-state index contributed by atoms with van der Waals surface area (Å²) in [7, 11) is 1.39. The largest absolute Gasteiger partial charge is 0.508 e. The molecule has 15 heavy (non-hydrogen) atoms. The number of carboxylic acids is 1. The van der Waals surface area contributed by atoms with Gasteiger partial charge in [0, 0.05) is 7.05 Å². The number of rotatable bonds is 4. The SMILES string of the molecule is CN(C=O)C(C(=O)O)c1ccc(O)cc1. The quantitative estimate of drug-likeness (QED) is 0.712. The van der Waals surface area contributed by atoms with Crippen LogP contribution in [0, 0.1) is 0 Å². The van der Waals surface area contributed by atoms with E-state index in [0.29, 0.717) is 12.0 Å². The summed E-state index contributed by atoms with van der Waals surface area (Å²) in [6, 6.07) is 4.67. The minimum absolute atomic E-state index is 0.0524. The van der Waals surface area contributed by atoms with E-state index in [4.69, 9.17) is 10.2 Å². The fourth-order valence-electron chi connectivity index (χ4n) is 1.27. The van der Waals surface area contributed by atoms with Crippen LogP contribution >= 0.6 is 0 Å². The molecule has 0 aromatic heterocycles. The van der Waals surface area contributed by atoms with Crippen LogP contribution in [-0.2, 0) is 9.59 Å². The topological polar surface area (TPSA) is 77.8 Å². The third-order valence-electron chi connectivity index (χ3n) is 2.02. The molecule has 0 fully saturated rings. The van der Waals surface area contributed by atoms with Gasteiger partial charge in [-0.2, -0.15) is 0 Å². The van der Waals surface area contributed by atoms with Gasteiger partial charge in [0.05, 0.1) is 0 Å². The van der Waals surface area contributed by atoms with Crippen LogP contribution in [0.2, 0.25) is 0 Å². The van der Waals surface area contributed by atoms with Crippen molar-refractivity contribution >= 4 is 12.4 Å². The molecule has 1 aromatic carbocycles. The molecule has 0 heterocycles. The third kappa shape index (κ3) is 2.46. The van der Waals surface area contributed by atoms with Crippen molar-refractivity contribution < 1.29 is 19.8 Å². The maximum atomic E-state index is 10.9. The Morgan fingerprint density at radius 2 is 1.93 bits per heavy atom. The average molecular weight is 209 g/mol. The molecule has 1 amide bonds. The second-order valence-corrected chi connectivity index (χ2v) is 3.10. The first-order chi connectivity index (χ1) is 7.06. The van der Waals surface area contributed by atoms with Crippen LogP contribution in [0.5, 0.6) is 5.75 Å². The van der Waals surface area contributed by atoms with Crippen LogP contribution < -0.4 is 0 Å². The number of carbonyl (C=O) groups is 2. The number of likely N-dealkylation sites (N-methyl/N-ethyl adjacent to an activating group) is 1. The molecule has 1 unspecified atom stereocenters. The maximum absolute atomic E-state index is 10.9. The highest BCUT2D eigenvalue weighted by Gasteiger charge is 2.23. The lowest BCUT2D eigenvalue weighted by atomic mass is 10.1. The van der Waals surface area contributed by atoms with E-state index in [0.717, 1.165) is 4.90 Å². The van der Waals surface area contributed by atoms with Crippen molar-refractivity contribution in [2.24, 2.45) is 0 Å². The summed E-state index contributed by atoms with van der Waals surface area (Å²) in [6.07, 6.45) is 0.450. The number of amides is 1. The van der Waals surface area contributed by atoms with E-state index >= 15 is 0 Å². The molecular weight excluding hydrogens is 198 g/mol. The van der Waals surface area contributed by atoms with Crippen LogP contribution in [0.25, 0.3) is 0 Å². The molecule has 2 N–H and O–H groups in total. The van der Waals surface area contributed by atoms with Gasteiger partial charge in [-0.15, -0.1) is 0 Å². The Balaban J connectivity index is 3.04. The lowest BCUT2D eigenvalue weighted by molar-refractivity contribution is -0.145. The second-order valence-electron chi connectivity index (χ2n) is 3.10. The number of carbonyl (C=O) groups excluding carboxylic acids is 1. The Bertz CT molecular complexity index is 360. The van der Waals surface area contributed by atoms with Gasteiger partial charge >= 0.3 is 5.97 Å². The first kappa shape index (κ1) is 11.0. The normalized spacial score (nSPS) is 11.8. The number of benzene rings is 1. The van der Waals surface area contributed by atoms with Crippen molar-refractivity contribution in [1.82, 2.24) is 4.90 Å². The minimum Gasteiger partial charge on any atom is -0.508 e. The molecule has 1 aromatic rings. The summed E-state index contributed by atoms with van der Waals surface area (Å²) < 4.78 is 0. The van der Waals surface area contributed by atoms with Gasteiger partial charge in [0.25, 0.3) is 0 Å². The predicted octanol–water partition coefficient (Wildman–Crippen LogP) is 0.606. The van der Waals surface area contributed by atoms with Crippen molar-refractivity contribution in [1.29, 1.82) is 0 Å². The number of hydrogen-bond donors (Lipinski definition) is 2. The van der Waals surface area contributed by atoms with E-state index in [1.807, 2.05) is 0 Å². The number of hydrogen-bond acceptors (Lipinski definition) is 3. The van der Waals surface area contributed by atoms with Crippen molar-refractivity contribution in [3.8, 4) is 5.75 Å². The lowest BCUT2D eigenvalue weighted by Crippen LogP contribution is -2.29. The summed E-state index contributed by atoms with van der Waals surface area (Å²) in [6.45, 7) is 0. The van der Waals surface area contributed by atoms with E-state index in [2.05, 4.69) is 0 Å². The van der Waals surface area contributed by atoms with E-state index in [1.54, 1.807) is 0 Å². The molecule has 0 aliphatic carbocycles. The summed E-state index contributed by atoms with van der Waals surface area (Å²) in [4.78, 5) is 22.5. The Kier molecular flexibility index (Phi) is 3.28. The highest BCUT2D eigenvalue weighted by Crippen LogP contribution is 2.20. The van der Waals surface area contributed by atoms with Gasteiger partial charge in [-0.05, 0) is 17.7 Å². The van der Waals surface area contributed by atoms with Crippen LogP contribution in [0.4, 0.5) is 0 Å². The highest BCUT2D eigenvalue weighted by molar-refractivity contribution is 5.78. The number of aliphatic carboxylic acids is 1. The Labute approximate surface area is 86.6 Å². The number of phenols is 1. The van der Waals surface area contributed by atoms with Gasteiger partial charge in [0.2, 0.25) is 6.41 Å². The molecule has 5 heteroatoms. The van der Waals surface area contributed by atoms with Gasteiger partial charge in [-0.3, -0.25) is 4.79 Å². The predicted molar refractivity (Wildman–Crippen MR) is 52.3 cm³/mol. The van der Waals surface area contributed by atoms with Crippen LogP contribution in [0.1, 0.15) is 11.6 Å². The maximum Gasteiger partial charge on any atom is 0.331 e. The standard InChI is InChI=1S/C10H11NO4/c1-11(6-12)9(10(14)15)7-2-4-8(13)5-3-7/h2-6,9,13H,1H3,(H,14,15). The van der Waals surface area contributed by atoms with Gasteiger partial charge in [-0.1, -0.05) is 12.1 Å². The number of phenolic OH excluding ortho intramolecular Hbond substituents is 1. The molecule has 1 atom stereocenters. The molecule has 0 aliphatic heterocycles. The Morgan fingerprint density at radius 3 is 2.33 bits per heavy atom. The van der Waals surface area contributed by atoms with Crippen LogP contribution in [0.15, 0.2) is 24.3 Å². The zero-order chi connectivity index (χ0) is 11.4. The van der Waals surface area contributed by atoms with E-state index in [9.17, 15) is 9.59 Å². The van der Waals surface area contributed by atoms with Crippen molar-refractivity contribution in [2.45, 2.75) is 6.04 Å². The molecule has 1 rings (SSSR count). The van der Waals surface area contributed by atoms with Gasteiger partial charge < -0.3 is 15.1 Å². The van der Waals surface area contributed by atoms with Crippen LogP contribution in [0.3, 0.4) is 0 Å². The molecule has 0 saturated heterocycles. The van der Waals surface area contributed by atoms with Crippen LogP contribution in [-0.4, -0.2) is 34.5 Å². The molecule has 0 radical (unpaired) electrons. The molecule has 5 nitrogen and oxygen atoms in total. The molecule has 0 bridgehead atoms. The molecule has 0 spiro atoms. The van der Waals surface area contributed by atoms with Gasteiger partial charge in [0.15, 0.2) is 6.04 Å². The van der Waals surface area contributed by atoms with Crippen molar-refractivity contribution in [3.05, 3.63) is 29.8 Å². The molecule has 80 valence electrons. The van der Waals surface area contributed by atoms with E-state index in [1.165, 1.54) is 31.3 Å². The van der Waals surface area contributed by atoms with Crippen molar-refractivity contribution in [2.75, 3.05) is 7.05 Å². The second kappa shape index (κ2) is 4.45. The third-order valence-corrected chi connectivity index (χ3v) is 2.02. The number of nitrogens with zero attached hydrogens (tertiary/aromatic N) is 1. The fourth-order valence-corrected chi connectivity index (χ4v) is 1.27. The Morgan fingerprint density at radius 1 is 1.40 bits per heavy atom.